The number of aliphatic hydroxyl groups is 1. The highest BCUT2D eigenvalue weighted by Gasteiger charge is 2.34. The number of rotatable bonds is 7. The van der Waals surface area contributed by atoms with E-state index in [2.05, 4.69) is 5.32 Å². The van der Waals surface area contributed by atoms with Gasteiger partial charge in [0.1, 0.15) is 18.2 Å². The standard InChI is InChI=1S/C18H16F7NO2/c19-15-3-1-11(7-14(15)18(23,24)25)10-28-16-4-2-13(17(20,21)22)8-12(16)9-26-5-6-27/h1-4,7-8,26-27H,5-6,9-10H2. The van der Waals surface area contributed by atoms with Crippen molar-refractivity contribution in [2.75, 3.05) is 13.2 Å². The molecule has 0 aliphatic heterocycles. The van der Waals surface area contributed by atoms with E-state index in [1.165, 1.54) is 0 Å². The summed E-state index contributed by atoms with van der Waals surface area (Å²) in [6.45, 7) is -0.563. The van der Waals surface area contributed by atoms with E-state index >= 15 is 0 Å². The van der Waals surface area contributed by atoms with Crippen molar-refractivity contribution >= 4 is 0 Å². The van der Waals surface area contributed by atoms with Gasteiger partial charge in [0.05, 0.1) is 17.7 Å². The maximum Gasteiger partial charge on any atom is 0.419 e. The topological polar surface area (TPSA) is 41.5 Å². The summed E-state index contributed by atoms with van der Waals surface area (Å²) in [5.74, 6) is -1.41. The molecule has 0 radical (unpaired) electrons. The number of halogens is 7. The largest absolute Gasteiger partial charge is 0.489 e. The molecule has 0 bridgehead atoms. The van der Waals surface area contributed by atoms with Crippen LogP contribution < -0.4 is 10.1 Å². The third kappa shape index (κ3) is 5.83. The monoisotopic (exact) mass is 411 g/mol. The van der Waals surface area contributed by atoms with Gasteiger partial charge in [-0.2, -0.15) is 26.3 Å². The first kappa shape index (κ1) is 22.0. The molecule has 0 saturated heterocycles. The Labute approximate surface area is 155 Å². The van der Waals surface area contributed by atoms with Crippen molar-refractivity contribution in [1.29, 1.82) is 0 Å². The number of alkyl halides is 6. The van der Waals surface area contributed by atoms with Gasteiger partial charge in [0.2, 0.25) is 0 Å². The summed E-state index contributed by atoms with van der Waals surface area (Å²) >= 11 is 0. The van der Waals surface area contributed by atoms with Gasteiger partial charge in [0.25, 0.3) is 0 Å². The highest BCUT2D eigenvalue weighted by Crippen LogP contribution is 2.34. The number of ether oxygens (including phenoxy) is 1. The van der Waals surface area contributed by atoms with Crippen LogP contribution >= 0.6 is 0 Å². The highest BCUT2D eigenvalue weighted by molar-refractivity contribution is 5.39. The molecule has 3 nitrogen and oxygen atoms in total. The Morgan fingerprint density at radius 3 is 2.25 bits per heavy atom. The van der Waals surface area contributed by atoms with E-state index < -0.39 is 35.9 Å². The highest BCUT2D eigenvalue weighted by atomic mass is 19.4. The molecule has 0 unspecified atom stereocenters. The first-order valence-corrected chi connectivity index (χ1v) is 8.02. The molecular formula is C18H16F7NO2. The van der Waals surface area contributed by atoms with Crippen LogP contribution in [0.25, 0.3) is 0 Å². The molecule has 0 aliphatic carbocycles. The average molecular weight is 411 g/mol. The second kappa shape index (κ2) is 8.78. The van der Waals surface area contributed by atoms with Crippen molar-refractivity contribution in [1.82, 2.24) is 5.32 Å². The Kier molecular flexibility index (Phi) is 6.89. The minimum Gasteiger partial charge on any atom is -0.489 e. The van der Waals surface area contributed by atoms with Crippen LogP contribution in [0.3, 0.4) is 0 Å². The summed E-state index contributed by atoms with van der Waals surface area (Å²) in [6.07, 6.45) is -9.46. The molecule has 0 spiro atoms. The maximum atomic E-state index is 13.3. The molecule has 0 fully saturated rings. The summed E-state index contributed by atoms with van der Waals surface area (Å²) < 4.78 is 95.7. The van der Waals surface area contributed by atoms with Crippen LogP contribution in [0, 0.1) is 5.82 Å². The van der Waals surface area contributed by atoms with E-state index in [1.54, 1.807) is 0 Å². The van der Waals surface area contributed by atoms with Crippen molar-refractivity contribution in [2.24, 2.45) is 0 Å². The van der Waals surface area contributed by atoms with Crippen LogP contribution in [-0.4, -0.2) is 18.3 Å². The molecule has 0 saturated carbocycles. The van der Waals surface area contributed by atoms with Crippen molar-refractivity contribution in [3.63, 3.8) is 0 Å². The molecule has 2 rings (SSSR count). The van der Waals surface area contributed by atoms with Crippen LogP contribution in [0.4, 0.5) is 30.7 Å². The SMILES string of the molecule is OCCNCc1cc(C(F)(F)F)ccc1OCc1ccc(F)c(C(F)(F)F)c1. The summed E-state index contributed by atoms with van der Waals surface area (Å²) in [7, 11) is 0. The van der Waals surface area contributed by atoms with E-state index in [9.17, 15) is 30.7 Å². The Hall–Kier alpha value is -2.33. The summed E-state index contributed by atoms with van der Waals surface area (Å²) in [5, 5.41) is 11.5. The molecule has 2 aromatic rings. The second-order valence-corrected chi connectivity index (χ2v) is 5.82. The third-order valence-corrected chi connectivity index (χ3v) is 3.72. The molecule has 0 amide bonds. The van der Waals surface area contributed by atoms with E-state index in [-0.39, 0.29) is 36.6 Å². The van der Waals surface area contributed by atoms with Crippen LogP contribution in [0.5, 0.6) is 5.75 Å². The van der Waals surface area contributed by atoms with Crippen molar-refractivity contribution in [3.05, 3.63) is 64.5 Å². The lowest BCUT2D eigenvalue weighted by molar-refractivity contribution is -0.140. The molecular weight excluding hydrogens is 395 g/mol. The number of hydrogen-bond donors (Lipinski definition) is 2. The van der Waals surface area contributed by atoms with E-state index in [0.29, 0.717) is 12.1 Å². The molecule has 0 aliphatic rings. The van der Waals surface area contributed by atoms with Gasteiger partial charge in [-0.25, -0.2) is 4.39 Å². The Morgan fingerprint density at radius 1 is 0.929 bits per heavy atom. The Balaban J connectivity index is 2.23. The average Bonchev–Trinajstić information content (AvgIpc) is 2.60. The number of benzene rings is 2. The van der Waals surface area contributed by atoms with Crippen LogP contribution in [0.2, 0.25) is 0 Å². The lowest BCUT2D eigenvalue weighted by Gasteiger charge is -2.16. The predicted octanol–water partition coefficient (Wildman–Crippen LogP) is 4.52. The van der Waals surface area contributed by atoms with Crippen molar-refractivity contribution in [2.45, 2.75) is 25.5 Å². The van der Waals surface area contributed by atoms with Gasteiger partial charge < -0.3 is 15.2 Å². The number of nitrogens with one attached hydrogen (secondary N) is 1. The fourth-order valence-electron chi connectivity index (χ4n) is 2.38. The zero-order valence-corrected chi connectivity index (χ0v) is 14.3. The number of aliphatic hydroxyl groups excluding tert-OH is 1. The molecule has 0 atom stereocenters. The second-order valence-electron chi connectivity index (χ2n) is 5.82. The van der Waals surface area contributed by atoms with Crippen molar-refractivity contribution < 1.29 is 40.6 Å². The third-order valence-electron chi connectivity index (χ3n) is 3.72. The van der Waals surface area contributed by atoms with Gasteiger partial charge in [-0.1, -0.05) is 6.07 Å². The number of hydrogen-bond acceptors (Lipinski definition) is 3. The maximum absolute atomic E-state index is 13.3. The molecule has 2 N–H and O–H groups in total. The first-order valence-electron chi connectivity index (χ1n) is 8.02. The minimum atomic E-state index is -4.88. The quantitative estimate of drug-likeness (QED) is 0.520. The zero-order valence-electron chi connectivity index (χ0n) is 14.3. The Bertz CT molecular complexity index is 803. The van der Waals surface area contributed by atoms with E-state index in [1.807, 2.05) is 0 Å². The minimum absolute atomic E-state index is 0.00268. The zero-order chi connectivity index (χ0) is 20.9. The first-order chi connectivity index (χ1) is 13.0. The normalized spacial score (nSPS) is 12.3. The molecule has 0 heterocycles. The van der Waals surface area contributed by atoms with Gasteiger partial charge >= 0.3 is 12.4 Å². The lowest BCUT2D eigenvalue weighted by Crippen LogP contribution is -2.18. The van der Waals surface area contributed by atoms with E-state index in [4.69, 9.17) is 9.84 Å². The molecule has 28 heavy (non-hydrogen) atoms. The van der Waals surface area contributed by atoms with Gasteiger partial charge in [-0.05, 0) is 35.9 Å². The van der Waals surface area contributed by atoms with Crippen molar-refractivity contribution in [3.8, 4) is 5.75 Å². The summed E-state index contributed by atoms with van der Waals surface area (Å²) in [4.78, 5) is 0. The van der Waals surface area contributed by atoms with E-state index in [0.717, 1.165) is 24.3 Å². The van der Waals surface area contributed by atoms with Gasteiger partial charge in [-0.15, -0.1) is 0 Å². The molecule has 154 valence electrons. The molecule has 2 aromatic carbocycles. The van der Waals surface area contributed by atoms with Gasteiger partial charge in [0, 0.05) is 18.7 Å². The van der Waals surface area contributed by atoms with Gasteiger partial charge in [0.15, 0.2) is 0 Å². The van der Waals surface area contributed by atoms with Crippen LogP contribution in [-0.2, 0) is 25.5 Å². The van der Waals surface area contributed by atoms with Crippen LogP contribution in [0.15, 0.2) is 36.4 Å². The van der Waals surface area contributed by atoms with Crippen LogP contribution in [0.1, 0.15) is 22.3 Å². The summed E-state index contributed by atoms with van der Waals surface area (Å²) in [6, 6.07) is 5.04. The summed E-state index contributed by atoms with van der Waals surface area (Å²) in [5.41, 5.74) is -2.25. The predicted molar refractivity (Wildman–Crippen MR) is 86.0 cm³/mol. The fraction of sp³-hybridized carbons (Fsp3) is 0.333. The lowest BCUT2D eigenvalue weighted by atomic mass is 10.1. The van der Waals surface area contributed by atoms with Gasteiger partial charge in [-0.3, -0.25) is 0 Å². The Morgan fingerprint density at radius 2 is 1.64 bits per heavy atom. The molecule has 0 aromatic heterocycles. The fourth-order valence-corrected chi connectivity index (χ4v) is 2.38. The smallest absolute Gasteiger partial charge is 0.419 e. The molecule has 10 heteroatoms.